The number of amides is 1. The first-order valence-corrected chi connectivity index (χ1v) is 4.73. The van der Waals surface area contributed by atoms with Crippen molar-refractivity contribution in [2.45, 2.75) is 32.4 Å². The molecule has 4 nitrogen and oxygen atoms in total. The van der Waals surface area contributed by atoms with Crippen LogP contribution >= 0.6 is 0 Å². The normalized spacial score (nSPS) is 26.2. The van der Waals surface area contributed by atoms with Crippen molar-refractivity contribution in [3.63, 3.8) is 0 Å². The van der Waals surface area contributed by atoms with E-state index in [2.05, 4.69) is 0 Å². The highest BCUT2D eigenvalue weighted by Crippen LogP contribution is 2.12. The van der Waals surface area contributed by atoms with E-state index in [-0.39, 0.29) is 18.6 Å². The van der Waals surface area contributed by atoms with Crippen LogP contribution in [0.1, 0.15) is 20.3 Å². The number of aliphatic hydroxyl groups is 1. The Balaban J connectivity index is 2.59. The maximum atomic E-state index is 11.6. The number of rotatable bonds is 3. The van der Waals surface area contributed by atoms with E-state index in [9.17, 15) is 4.79 Å². The molecule has 13 heavy (non-hydrogen) atoms. The Hall–Kier alpha value is -0.610. The molecule has 2 atom stereocenters. The molecule has 0 aromatic rings. The van der Waals surface area contributed by atoms with Crippen LogP contribution in [0.25, 0.3) is 0 Å². The summed E-state index contributed by atoms with van der Waals surface area (Å²) in [6.07, 6.45) is 0.298. The number of hydrogen-bond donors (Lipinski definition) is 1. The van der Waals surface area contributed by atoms with Crippen LogP contribution in [0.3, 0.4) is 0 Å². The second kappa shape index (κ2) is 4.58. The second-order valence-electron chi connectivity index (χ2n) is 3.33. The third kappa shape index (κ3) is 2.19. The van der Waals surface area contributed by atoms with Crippen LogP contribution in [-0.4, -0.2) is 47.8 Å². The molecule has 1 aliphatic heterocycles. The van der Waals surface area contributed by atoms with Gasteiger partial charge in [-0.2, -0.15) is 0 Å². The summed E-state index contributed by atoms with van der Waals surface area (Å²) in [6, 6.07) is 0.241. The molecule has 0 bridgehead atoms. The predicted octanol–water partition coefficient (Wildman–Crippen LogP) is 0.00460. The van der Waals surface area contributed by atoms with Gasteiger partial charge < -0.3 is 14.7 Å². The van der Waals surface area contributed by atoms with Gasteiger partial charge in [0.05, 0.1) is 13.2 Å². The average molecular weight is 187 g/mol. The standard InChI is InChI=1S/C9H17NO3/c1-3-7(2)10-4-5-13-8(6-11)9(10)12/h7-8,11H,3-6H2,1-2H3. The minimum atomic E-state index is -0.636. The van der Waals surface area contributed by atoms with Crippen molar-refractivity contribution in [1.29, 1.82) is 0 Å². The van der Waals surface area contributed by atoms with Crippen molar-refractivity contribution >= 4 is 5.91 Å². The van der Waals surface area contributed by atoms with Gasteiger partial charge in [0, 0.05) is 12.6 Å². The maximum absolute atomic E-state index is 11.6. The Bertz CT molecular complexity index is 184. The van der Waals surface area contributed by atoms with Crippen LogP contribution in [0.4, 0.5) is 0 Å². The molecule has 1 saturated heterocycles. The van der Waals surface area contributed by atoms with Crippen LogP contribution in [0.15, 0.2) is 0 Å². The quantitative estimate of drug-likeness (QED) is 0.677. The Labute approximate surface area is 78.5 Å². The fraction of sp³-hybridized carbons (Fsp3) is 0.889. The van der Waals surface area contributed by atoms with Crippen LogP contribution in [-0.2, 0) is 9.53 Å². The minimum Gasteiger partial charge on any atom is -0.393 e. The van der Waals surface area contributed by atoms with E-state index in [0.717, 1.165) is 6.42 Å². The molecule has 1 aliphatic rings. The maximum Gasteiger partial charge on any atom is 0.254 e. The lowest BCUT2D eigenvalue weighted by Crippen LogP contribution is -2.52. The van der Waals surface area contributed by atoms with Gasteiger partial charge in [-0.15, -0.1) is 0 Å². The van der Waals surface area contributed by atoms with Crippen molar-refractivity contribution in [2.24, 2.45) is 0 Å². The van der Waals surface area contributed by atoms with Gasteiger partial charge in [-0.05, 0) is 13.3 Å². The van der Waals surface area contributed by atoms with Crippen LogP contribution in [0, 0.1) is 0 Å². The van der Waals surface area contributed by atoms with E-state index in [1.807, 2.05) is 13.8 Å². The van der Waals surface area contributed by atoms with E-state index >= 15 is 0 Å². The van der Waals surface area contributed by atoms with E-state index in [1.165, 1.54) is 0 Å². The van der Waals surface area contributed by atoms with Crippen molar-refractivity contribution in [1.82, 2.24) is 4.90 Å². The number of ether oxygens (including phenoxy) is 1. The number of hydrogen-bond acceptors (Lipinski definition) is 3. The number of morpholine rings is 1. The summed E-state index contributed by atoms with van der Waals surface area (Å²) in [4.78, 5) is 13.4. The van der Waals surface area contributed by atoms with Crippen LogP contribution < -0.4 is 0 Å². The smallest absolute Gasteiger partial charge is 0.254 e. The lowest BCUT2D eigenvalue weighted by Gasteiger charge is -2.35. The third-order valence-corrected chi connectivity index (χ3v) is 2.50. The molecular formula is C9H17NO3. The zero-order chi connectivity index (χ0) is 9.84. The number of nitrogens with zero attached hydrogens (tertiary/aromatic N) is 1. The van der Waals surface area contributed by atoms with Crippen molar-refractivity contribution in [3.8, 4) is 0 Å². The van der Waals surface area contributed by atoms with E-state index < -0.39 is 6.10 Å². The molecule has 1 heterocycles. The molecule has 1 amide bonds. The monoisotopic (exact) mass is 187 g/mol. The number of carbonyl (C=O) groups is 1. The molecule has 0 radical (unpaired) electrons. The molecule has 2 unspecified atom stereocenters. The molecule has 0 spiro atoms. The molecule has 1 N–H and O–H groups in total. The minimum absolute atomic E-state index is 0.0805. The summed E-state index contributed by atoms with van der Waals surface area (Å²) >= 11 is 0. The summed E-state index contributed by atoms with van der Waals surface area (Å²) in [5.74, 6) is -0.0805. The summed E-state index contributed by atoms with van der Waals surface area (Å²) < 4.78 is 5.12. The number of carbonyl (C=O) groups excluding carboxylic acids is 1. The third-order valence-electron chi connectivity index (χ3n) is 2.50. The van der Waals surface area contributed by atoms with Gasteiger partial charge in [-0.25, -0.2) is 0 Å². The molecule has 0 saturated carbocycles. The highest BCUT2D eigenvalue weighted by molar-refractivity contribution is 5.81. The van der Waals surface area contributed by atoms with Gasteiger partial charge in [-0.1, -0.05) is 6.92 Å². The lowest BCUT2D eigenvalue weighted by molar-refractivity contribution is -0.158. The van der Waals surface area contributed by atoms with Crippen LogP contribution in [0.5, 0.6) is 0 Å². The first-order valence-electron chi connectivity index (χ1n) is 4.73. The molecular weight excluding hydrogens is 170 g/mol. The largest absolute Gasteiger partial charge is 0.393 e. The topological polar surface area (TPSA) is 49.8 Å². The van der Waals surface area contributed by atoms with Gasteiger partial charge in [0.1, 0.15) is 0 Å². The first-order chi connectivity index (χ1) is 6.20. The lowest BCUT2D eigenvalue weighted by atomic mass is 10.1. The van der Waals surface area contributed by atoms with E-state index in [1.54, 1.807) is 4.90 Å². The molecule has 76 valence electrons. The second-order valence-corrected chi connectivity index (χ2v) is 3.33. The zero-order valence-electron chi connectivity index (χ0n) is 8.19. The van der Waals surface area contributed by atoms with Crippen molar-refractivity contribution in [3.05, 3.63) is 0 Å². The zero-order valence-corrected chi connectivity index (χ0v) is 8.19. The van der Waals surface area contributed by atoms with Gasteiger partial charge in [0.15, 0.2) is 6.10 Å². The highest BCUT2D eigenvalue weighted by atomic mass is 16.5. The molecule has 4 heteroatoms. The molecule has 1 fully saturated rings. The highest BCUT2D eigenvalue weighted by Gasteiger charge is 2.30. The summed E-state index contributed by atoms with van der Waals surface area (Å²) in [5, 5.41) is 8.86. The van der Waals surface area contributed by atoms with Gasteiger partial charge >= 0.3 is 0 Å². The Morgan fingerprint density at radius 3 is 3.00 bits per heavy atom. The summed E-state index contributed by atoms with van der Waals surface area (Å²) in [6.45, 7) is 5.01. The molecule has 0 aromatic heterocycles. The number of aliphatic hydroxyl groups excluding tert-OH is 1. The average Bonchev–Trinajstić information content (AvgIpc) is 2.17. The fourth-order valence-corrected chi connectivity index (χ4v) is 1.45. The predicted molar refractivity (Wildman–Crippen MR) is 48.3 cm³/mol. The first kappa shape index (κ1) is 10.5. The Morgan fingerprint density at radius 1 is 1.77 bits per heavy atom. The van der Waals surface area contributed by atoms with Crippen molar-refractivity contribution in [2.75, 3.05) is 19.8 Å². The van der Waals surface area contributed by atoms with Gasteiger partial charge in [0.25, 0.3) is 5.91 Å². The molecule has 0 aliphatic carbocycles. The summed E-state index contributed by atoms with van der Waals surface area (Å²) in [7, 11) is 0. The SMILES string of the molecule is CCC(C)N1CCOC(CO)C1=O. The van der Waals surface area contributed by atoms with Gasteiger partial charge in [-0.3, -0.25) is 4.79 Å². The van der Waals surface area contributed by atoms with Crippen molar-refractivity contribution < 1.29 is 14.6 Å². The van der Waals surface area contributed by atoms with Gasteiger partial charge in [0.2, 0.25) is 0 Å². The van der Waals surface area contributed by atoms with E-state index in [4.69, 9.17) is 9.84 Å². The Kier molecular flexibility index (Phi) is 3.69. The molecule has 1 rings (SSSR count). The fourth-order valence-electron chi connectivity index (χ4n) is 1.45. The van der Waals surface area contributed by atoms with E-state index in [0.29, 0.717) is 13.2 Å². The summed E-state index contributed by atoms with van der Waals surface area (Å²) in [5.41, 5.74) is 0. The molecule has 0 aromatic carbocycles. The Morgan fingerprint density at radius 2 is 2.46 bits per heavy atom. The van der Waals surface area contributed by atoms with Crippen LogP contribution in [0.2, 0.25) is 0 Å².